The highest BCUT2D eigenvalue weighted by molar-refractivity contribution is 6.15. The van der Waals surface area contributed by atoms with E-state index < -0.39 is 0 Å². The number of fused-ring (bicyclic) bond motifs is 12. The van der Waals surface area contributed by atoms with Crippen molar-refractivity contribution >= 4 is 87.5 Å². The average Bonchev–Trinajstić information content (AvgIpc) is 1.59. The van der Waals surface area contributed by atoms with E-state index in [4.69, 9.17) is 38.7 Å². The summed E-state index contributed by atoms with van der Waals surface area (Å²) in [5.41, 5.74) is 25.2. The van der Waals surface area contributed by atoms with Crippen LogP contribution >= 0.6 is 0 Å². The summed E-state index contributed by atoms with van der Waals surface area (Å²) in [5, 5.41) is 9.33. The van der Waals surface area contributed by atoms with Crippen LogP contribution in [0.4, 0.5) is 0 Å². The molecule has 0 saturated carbocycles. The standard InChI is InChI=1S/2C51H32N4O/c1-3-14-33(15-4-1)49-52-50(34-16-5-2-6-17-34)54-51(53-49)38-20-11-18-35(30-38)36-28-29-45-43(32-36)41-22-7-9-25-44(41)55(45)39-21-12-19-37(31-39)40-24-13-27-47-48(40)42-23-8-10-26-46(42)56-47;1-3-13-34(14-4-1)49-52-50(35-15-5-2-6-16-35)54-51(53-49)36-27-25-33(26-28-36)37-29-30-45-43(32-37)41-19-7-9-22-44(41)55(45)39-18-11-17-38(31-39)40-21-12-24-47-48(40)42-20-8-10-23-46(42)56-47/h2*1-32H. The molecule has 0 bridgehead atoms. The predicted octanol–water partition coefficient (Wildman–Crippen LogP) is 26.4. The molecule has 112 heavy (non-hydrogen) atoms. The van der Waals surface area contributed by atoms with Crippen molar-refractivity contribution in [2.24, 2.45) is 0 Å². The summed E-state index contributed by atoms with van der Waals surface area (Å²) in [6, 6.07) is 135. The van der Waals surface area contributed by atoms with E-state index in [2.05, 4.69) is 252 Å². The number of furan rings is 2. The Balaban J connectivity index is 0.000000141. The topological polar surface area (TPSA) is 113 Å². The minimum atomic E-state index is 0.635. The fourth-order valence-corrected chi connectivity index (χ4v) is 16.0. The maximum atomic E-state index is 6.24. The van der Waals surface area contributed by atoms with E-state index in [1.807, 2.05) is 146 Å². The first kappa shape index (κ1) is 65.1. The second kappa shape index (κ2) is 27.5. The van der Waals surface area contributed by atoms with Gasteiger partial charge in [0.05, 0.1) is 22.1 Å². The van der Waals surface area contributed by atoms with Crippen molar-refractivity contribution in [2.45, 2.75) is 0 Å². The van der Waals surface area contributed by atoms with Gasteiger partial charge in [-0.15, -0.1) is 0 Å². The summed E-state index contributed by atoms with van der Waals surface area (Å²) in [6.45, 7) is 0. The van der Waals surface area contributed by atoms with Crippen LogP contribution in [0.2, 0.25) is 0 Å². The van der Waals surface area contributed by atoms with Crippen molar-refractivity contribution in [3.63, 3.8) is 0 Å². The predicted molar refractivity (Wildman–Crippen MR) is 457 cm³/mol. The molecule has 6 heterocycles. The minimum Gasteiger partial charge on any atom is -0.456 e. The van der Waals surface area contributed by atoms with Gasteiger partial charge in [-0.05, 0) is 136 Å². The molecule has 22 rings (SSSR count). The lowest BCUT2D eigenvalue weighted by atomic mass is 9.99. The van der Waals surface area contributed by atoms with E-state index in [1.165, 1.54) is 21.5 Å². The van der Waals surface area contributed by atoms with E-state index in [0.717, 1.165) is 155 Å². The summed E-state index contributed by atoms with van der Waals surface area (Å²) in [6.07, 6.45) is 0. The molecule has 6 aromatic heterocycles. The highest BCUT2D eigenvalue weighted by atomic mass is 16.3. The molecular formula is C102H64N8O2. The molecule has 0 N–H and O–H groups in total. The number of nitrogens with zero attached hydrogens (tertiary/aromatic N) is 8. The van der Waals surface area contributed by atoms with Crippen LogP contribution in [0.3, 0.4) is 0 Å². The Morgan fingerprint density at radius 2 is 0.455 bits per heavy atom. The highest BCUT2D eigenvalue weighted by Gasteiger charge is 2.22. The van der Waals surface area contributed by atoms with Crippen molar-refractivity contribution < 1.29 is 8.83 Å². The van der Waals surface area contributed by atoms with Gasteiger partial charge in [-0.1, -0.05) is 297 Å². The van der Waals surface area contributed by atoms with Crippen molar-refractivity contribution in [1.29, 1.82) is 0 Å². The monoisotopic (exact) mass is 1430 g/mol. The second-order valence-electron chi connectivity index (χ2n) is 28.1. The molecule has 0 fully saturated rings. The van der Waals surface area contributed by atoms with E-state index in [-0.39, 0.29) is 0 Å². The molecular weight excluding hydrogens is 1370 g/mol. The largest absolute Gasteiger partial charge is 0.456 e. The van der Waals surface area contributed by atoms with Crippen LogP contribution < -0.4 is 0 Å². The Hall–Kier alpha value is -15.3. The molecule has 524 valence electrons. The van der Waals surface area contributed by atoms with Gasteiger partial charge < -0.3 is 18.0 Å². The normalized spacial score (nSPS) is 11.6. The average molecular weight is 1430 g/mol. The summed E-state index contributed by atoms with van der Waals surface area (Å²) in [7, 11) is 0. The van der Waals surface area contributed by atoms with E-state index in [9.17, 15) is 0 Å². The molecule has 0 aliphatic rings. The molecule has 22 aromatic rings. The maximum absolute atomic E-state index is 6.24. The fourth-order valence-electron chi connectivity index (χ4n) is 16.0. The maximum Gasteiger partial charge on any atom is 0.164 e. The van der Waals surface area contributed by atoms with Gasteiger partial charge in [-0.25, -0.2) is 29.9 Å². The quantitative estimate of drug-likeness (QED) is 0.119. The zero-order valence-corrected chi connectivity index (χ0v) is 60.3. The van der Waals surface area contributed by atoms with E-state index in [1.54, 1.807) is 0 Å². The van der Waals surface area contributed by atoms with Crippen molar-refractivity contribution in [3.05, 3.63) is 388 Å². The van der Waals surface area contributed by atoms with Crippen LogP contribution in [0.5, 0.6) is 0 Å². The Kier molecular flexibility index (Phi) is 16.0. The molecule has 0 amide bonds. The van der Waals surface area contributed by atoms with Gasteiger partial charge in [-0.3, -0.25) is 0 Å². The molecule has 0 aliphatic heterocycles. The Labute approximate surface area is 643 Å². The van der Waals surface area contributed by atoms with E-state index >= 15 is 0 Å². The smallest absolute Gasteiger partial charge is 0.164 e. The summed E-state index contributed by atoms with van der Waals surface area (Å²) >= 11 is 0. The number of rotatable bonds is 12. The fraction of sp³-hybridized carbons (Fsp3) is 0. The van der Waals surface area contributed by atoms with Crippen LogP contribution in [0.1, 0.15) is 0 Å². The van der Waals surface area contributed by atoms with Gasteiger partial charge in [-0.2, -0.15) is 0 Å². The Morgan fingerprint density at radius 1 is 0.170 bits per heavy atom. The van der Waals surface area contributed by atoms with Gasteiger partial charge in [0.1, 0.15) is 22.3 Å². The van der Waals surface area contributed by atoms with Crippen LogP contribution in [-0.2, 0) is 0 Å². The zero-order valence-electron chi connectivity index (χ0n) is 60.3. The first-order valence-electron chi connectivity index (χ1n) is 37.5. The van der Waals surface area contributed by atoms with Gasteiger partial charge in [0.25, 0.3) is 0 Å². The van der Waals surface area contributed by atoms with Crippen LogP contribution in [-0.4, -0.2) is 39.0 Å². The molecule has 10 nitrogen and oxygen atoms in total. The molecule has 0 atom stereocenters. The zero-order chi connectivity index (χ0) is 74.0. The second-order valence-corrected chi connectivity index (χ2v) is 28.1. The minimum absolute atomic E-state index is 0.635. The number of hydrogen-bond acceptors (Lipinski definition) is 8. The number of para-hydroxylation sites is 4. The summed E-state index contributed by atoms with van der Waals surface area (Å²) in [4.78, 5) is 29.6. The lowest BCUT2D eigenvalue weighted by molar-refractivity contribution is 0.668. The number of benzene rings is 16. The molecule has 0 saturated heterocycles. The van der Waals surface area contributed by atoms with Crippen molar-refractivity contribution in [3.8, 4) is 124 Å². The Morgan fingerprint density at radius 3 is 0.893 bits per heavy atom. The molecule has 0 aliphatic carbocycles. The van der Waals surface area contributed by atoms with Gasteiger partial charge in [0.15, 0.2) is 34.9 Å². The molecule has 0 radical (unpaired) electrons. The third kappa shape index (κ3) is 11.7. The summed E-state index contributed by atoms with van der Waals surface area (Å²) < 4.78 is 17.2. The van der Waals surface area contributed by atoms with Crippen LogP contribution in [0.25, 0.3) is 212 Å². The van der Waals surface area contributed by atoms with Gasteiger partial charge in [0.2, 0.25) is 0 Å². The van der Waals surface area contributed by atoms with Crippen molar-refractivity contribution in [1.82, 2.24) is 39.0 Å². The van der Waals surface area contributed by atoms with Gasteiger partial charge in [0, 0.05) is 87.8 Å². The van der Waals surface area contributed by atoms with E-state index in [0.29, 0.717) is 34.9 Å². The van der Waals surface area contributed by atoms with Crippen molar-refractivity contribution in [2.75, 3.05) is 0 Å². The first-order chi connectivity index (χ1) is 55.5. The summed E-state index contributed by atoms with van der Waals surface area (Å²) in [5.74, 6) is 3.87. The highest BCUT2D eigenvalue weighted by Crippen LogP contribution is 2.43. The SMILES string of the molecule is c1ccc(-c2nc(-c3ccccc3)nc(-c3ccc(-c4ccc5c(c4)c4ccccc4n5-c4cccc(-c5cccc6oc7ccccc7c56)c4)cc3)n2)cc1.c1ccc(-c2nc(-c3ccccc3)nc(-c3cccc(-c4ccc5c(c4)c4ccccc4n5-c4cccc(-c5cccc6oc7ccccc7c56)c4)c3)n2)cc1. The Bertz CT molecular complexity index is 7260. The first-order valence-corrected chi connectivity index (χ1v) is 37.5. The number of aromatic nitrogens is 8. The third-order valence-electron chi connectivity index (χ3n) is 21.3. The van der Waals surface area contributed by atoms with Crippen LogP contribution in [0, 0.1) is 0 Å². The molecule has 10 heteroatoms. The molecule has 0 unspecified atom stereocenters. The third-order valence-corrected chi connectivity index (χ3v) is 21.3. The molecule has 0 spiro atoms. The lowest BCUT2D eigenvalue weighted by Crippen LogP contribution is -2.00. The van der Waals surface area contributed by atoms with Crippen LogP contribution in [0.15, 0.2) is 397 Å². The number of hydrogen-bond donors (Lipinski definition) is 0. The lowest BCUT2D eigenvalue weighted by Gasteiger charge is -2.12. The van der Waals surface area contributed by atoms with Gasteiger partial charge >= 0.3 is 0 Å². The molecule has 16 aromatic carbocycles.